The second-order valence-corrected chi connectivity index (χ2v) is 7.43. The van der Waals surface area contributed by atoms with Gasteiger partial charge in [0.05, 0.1) is 24.6 Å². The van der Waals surface area contributed by atoms with Crippen LogP contribution >= 0.6 is 0 Å². The summed E-state index contributed by atoms with van der Waals surface area (Å²) in [5.41, 5.74) is 0.624. The summed E-state index contributed by atoms with van der Waals surface area (Å²) in [7, 11) is 1.56. The average molecular weight is 408 g/mol. The summed E-state index contributed by atoms with van der Waals surface area (Å²) in [6.45, 7) is 1.88. The Morgan fingerprint density at radius 3 is 2.73 bits per heavy atom. The highest BCUT2D eigenvalue weighted by molar-refractivity contribution is 5.97. The van der Waals surface area contributed by atoms with Crippen molar-refractivity contribution in [3.8, 4) is 5.75 Å². The van der Waals surface area contributed by atoms with Gasteiger partial charge in [-0.1, -0.05) is 12.1 Å². The topological polar surface area (TPSA) is 105 Å². The number of fused-ring (bicyclic) bond motifs is 1. The molecule has 30 heavy (non-hydrogen) atoms. The van der Waals surface area contributed by atoms with Crippen molar-refractivity contribution in [3.63, 3.8) is 0 Å². The number of piperidine rings is 1. The van der Waals surface area contributed by atoms with Crippen molar-refractivity contribution in [2.24, 2.45) is 0 Å². The van der Waals surface area contributed by atoms with Gasteiger partial charge in [-0.15, -0.1) is 0 Å². The van der Waals surface area contributed by atoms with Crippen molar-refractivity contribution in [1.29, 1.82) is 0 Å². The predicted octanol–water partition coefficient (Wildman–Crippen LogP) is 1.23. The molecule has 0 unspecified atom stereocenters. The van der Waals surface area contributed by atoms with Gasteiger partial charge < -0.3 is 20.4 Å². The van der Waals surface area contributed by atoms with E-state index in [1.807, 2.05) is 12.1 Å². The number of amides is 1. The van der Waals surface area contributed by atoms with E-state index in [2.05, 4.69) is 15.6 Å². The zero-order chi connectivity index (χ0) is 21.1. The third-order valence-electron chi connectivity index (χ3n) is 5.39. The molecule has 0 spiro atoms. The molecular formula is C22H24N4O4. The fourth-order valence-electron chi connectivity index (χ4n) is 3.73. The first-order valence-corrected chi connectivity index (χ1v) is 9.96. The van der Waals surface area contributed by atoms with E-state index in [9.17, 15) is 14.4 Å². The number of H-pyrrole nitrogens is 1. The molecule has 156 valence electrons. The lowest BCUT2D eigenvalue weighted by atomic mass is 10.1. The third kappa shape index (κ3) is 4.13. The van der Waals surface area contributed by atoms with Crippen LogP contribution in [-0.4, -0.2) is 41.7 Å². The molecule has 2 heterocycles. The number of hydrogen-bond acceptors (Lipinski definition) is 5. The number of carbonyl (C=O) groups excluding carboxylic acids is 1. The maximum Gasteiger partial charge on any atom is 0.329 e. The number of nitrogens with one attached hydrogen (secondary N) is 3. The van der Waals surface area contributed by atoms with Crippen LogP contribution in [0, 0.1) is 0 Å². The molecule has 1 amide bonds. The van der Waals surface area contributed by atoms with Crippen LogP contribution in [0.2, 0.25) is 0 Å². The van der Waals surface area contributed by atoms with E-state index in [4.69, 9.17) is 4.74 Å². The smallest absolute Gasteiger partial charge is 0.329 e. The molecular weight excluding hydrogens is 384 g/mol. The molecule has 0 radical (unpaired) electrons. The summed E-state index contributed by atoms with van der Waals surface area (Å²) in [4.78, 5) is 40.8. The van der Waals surface area contributed by atoms with Crippen molar-refractivity contribution in [1.82, 2.24) is 20.2 Å². The number of aromatic nitrogens is 2. The van der Waals surface area contributed by atoms with Gasteiger partial charge in [-0.3, -0.25) is 14.2 Å². The van der Waals surface area contributed by atoms with E-state index in [-0.39, 0.29) is 18.5 Å². The van der Waals surface area contributed by atoms with Gasteiger partial charge in [-0.25, -0.2) is 4.79 Å². The fraction of sp³-hybridized carbons (Fsp3) is 0.318. The first-order valence-electron chi connectivity index (χ1n) is 9.96. The summed E-state index contributed by atoms with van der Waals surface area (Å²) >= 11 is 0. The lowest BCUT2D eigenvalue weighted by Crippen LogP contribution is -2.42. The van der Waals surface area contributed by atoms with E-state index in [0.717, 1.165) is 36.1 Å². The number of methoxy groups -OCH3 is 1. The Bertz CT molecular complexity index is 1190. The minimum absolute atomic E-state index is 0.124. The molecule has 1 aliphatic heterocycles. The van der Waals surface area contributed by atoms with Gasteiger partial charge in [0.1, 0.15) is 5.75 Å². The SMILES string of the molecule is COc1cccc(Cn2c(=O)[nH]c3cc(C(=O)NC4CCNCC4)ccc3c2=O)c1. The molecule has 3 N–H and O–H groups in total. The number of rotatable bonds is 5. The van der Waals surface area contributed by atoms with Gasteiger partial charge in [-0.05, 0) is 61.8 Å². The molecule has 4 rings (SSSR count). The highest BCUT2D eigenvalue weighted by Gasteiger charge is 2.17. The zero-order valence-electron chi connectivity index (χ0n) is 16.7. The molecule has 3 aromatic rings. The minimum Gasteiger partial charge on any atom is -0.497 e. The highest BCUT2D eigenvalue weighted by atomic mass is 16.5. The van der Waals surface area contributed by atoms with E-state index in [0.29, 0.717) is 22.2 Å². The summed E-state index contributed by atoms with van der Waals surface area (Å²) in [5, 5.41) is 6.63. The van der Waals surface area contributed by atoms with Gasteiger partial charge in [0.25, 0.3) is 11.5 Å². The summed E-state index contributed by atoms with van der Waals surface area (Å²) < 4.78 is 6.34. The Labute approximate surface area is 172 Å². The number of nitrogens with zero attached hydrogens (tertiary/aromatic N) is 1. The Kier molecular flexibility index (Phi) is 5.67. The summed E-state index contributed by atoms with van der Waals surface area (Å²) in [6.07, 6.45) is 1.76. The Hall–Kier alpha value is -3.39. The van der Waals surface area contributed by atoms with Gasteiger partial charge in [0.15, 0.2) is 0 Å². The molecule has 8 heteroatoms. The fourth-order valence-corrected chi connectivity index (χ4v) is 3.73. The maximum absolute atomic E-state index is 12.9. The van der Waals surface area contributed by atoms with Crippen molar-refractivity contribution in [3.05, 3.63) is 74.4 Å². The zero-order valence-corrected chi connectivity index (χ0v) is 16.7. The summed E-state index contributed by atoms with van der Waals surface area (Å²) in [5.74, 6) is 0.451. The molecule has 2 aromatic carbocycles. The number of hydrogen-bond donors (Lipinski definition) is 3. The van der Waals surface area contributed by atoms with E-state index < -0.39 is 11.2 Å². The average Bonchev–Trinajstić information content (AvgIpc) is 2.77. The van der Waals surface area contributed by atoms with Gasteiger partial charge in [-0.2, -0.15) is 0 Å². The lowest BCUT2D eigenvalue weighted by molar-refractivity contribution is 0.0929. The largest absolute Gasteiger partial charge is 0.497 e. The molecule has 0 aliphatic carbocycles. The molecule has 1 aliphatic rings. The first-order chi connectivity index (χ1) is 14.5. The van der Waals surface area contributed by atoms with Crippen molar-refractivity contribution in [2.75, 3.05) is 20.2 Å². The standard InChI is InChI=1S/C22H24N4O4/c1-30-17-4-2-3-14(11-17)13-26-21(28)18-6-5-15(12-19(18)25-22(26)29)20(27)24-16-7-9-23-10-8-16/h2-6,11-12,16,23H,7-10,13H2,1H3,(H,24,27)(H,25,29). The highest BCUT2D eigenvalue weighted by Crippen LogP contribution is 2.14. The number of carbonyl (C=O) groups is 1. The molecule has 0 saturated carbocycles. The van der Waals surface area contributed by atoms with Gasteiger partial charge in [0.2, 0.25) is 0 Å². The van der Waals surface area contributed by atoms with Gasteiger partial charge >= 0.3 is 5.69 Å². The van der Waals surface area contributed by atoms with Crippen LogP contribution in [0.25, 0.3) is 10.9 Å². The third-order valence-corrected chi connectivity index (χ3v) is 5.39. The minimum atomic E-state index is -0.522. The Morgan fingerprint density at radius 2 is 1.97 bits per heavy atom. The second kappa shape index (κ2) is 8.54. The van der Waals surface area contributed by atoms with Crippen molar-refractivity contribution >= 4 is 16.8 Å². The predicted molar refractivity (Wildman–Crippen MR) is 114 cm³/mol. The van der Waals surface area contributed by atoms with Crippen LogP contribution in [0.15, 0.2) is 52.1 Å². The van der Waals surface area contributed by atoms with Crippen LogP contribution in [-0.2, 0) is 6.54 Å². The van der Waals surface area contributed by atoms with Gasteiger partial charge in [0, 0.05) is 11.6 Å². The molecule has 8 nitrogen and oxygen atoms in total. The number of ether oxygens (including phenoxy) is 1. The molecule has 0 bridgehead atoms. The molecule has 1 saturated heterocycles. The van der Waals surface area contributed by atoms with Crippen LogP contribution in [0.4, 0.5) is 0 Å². The van der Waals surface area contributed by atoms with Crippen LogP contribution < -0.4 is 26.6 Å². The molecule has 1 aromatic heterocycles. The van der Waals surface area contributed by atoms with Crippen LogP contribution in [0.3, 0.4) is 0 Å². The first kappa shape index (κ1) is 19.9. The summed E-state index contributed by atoms with van der Waals surface area (Å²) in [6, 6.07) is 12.1. The van der Waals surface area contributed by atoms with E-state index in [1.54, 1.807) is 37.4 Å². The second-order valence-electron chi connectivity index (χ2n) is 7.43. The number of benzene rings is 2. The quantitative estimate of drug-likeness (QED) is 0.589. The monoisotopic (exact) mass is 408 g/mol. The lowest BCUT2D eigenvalue weighted by Gasteiger charge is -2.23. The molecule has 0 atom stereocenters. The Morgan fingerprint density at radius 1 is 1.17 bits per heavy atom. The maximum atomic E-state index is 12.9. The van der Waals surface area contributed by atoms with Crippen molar-refractivity contribution in [2.45, 2.75) is 25.4 Å². The number of aromatic amines is 1. The van der Waals surface area contributed by atoms with E-state index >= 15 is 0 Å². The Balaban J connectivity index is 1.62. The molecule has 1 fully saturated rings. The van der Waals surface area contributed by atoms with Crippen LogP contribution in [0.5, 0.6) is 5.75 Å². The van der Waals surface area contributed by atoms with Crippen LogP contribution in [0.1, 0.15) is 28.8 Å². The van der Waals surface area contributed by atoms with Crippen molar-refractivity contribution < 1.29 is 9.53 Å². The van der Waals surface area contributed by atoms with E-state index in [1.165, 1.54) is 0 Å². The normalized spacial score (nSPS) is 14.6.